The van der Waals surface area contributed by atoms with Crippen molar-refractivity contribution >= 4 is 28.9 Å². The zero-order valence-electron chi connectivity index (χ0n) is 14.5. The Morgan fingerprint density at radius 1 is 0.920 bits per heavy atom. The summed E-state index contributed by atoms with van der Waals surface area (Å²) < 4.78 is 0. The lowest BCUT2D eigenvalue weighted by molar-refractivity contribution is 0.101. The van der Waals surface area contributed by atoms with Gasteiger partial charge < -0.3 is 10.6 Å². The lowest BCUT2D eigenvalue weighted by Crippen LogP contribution is -2.03. The first-order valence-corrected chi connectivity index (χ1v) is 8.07. The second-order valence-corrected chi connectivity index (χ2v) is 5.92. The number of ketones is 1. The molecule has 3 rings (SSSR count). The number of hydrogen-bond donors (Lipinski definition) is 2. The van der Waals surface area contributed by atoms with Crippen LogP contribution in [-0.4, -0.2) is 15.8 Å². The van der Waals surface area contributed by atoms with Gasteiger partial charge in [0.15, 0.2) is 5.78 Å². The summed E-state index contributed by atoms with van der Waals surface area (Å²) >= 11 is 0. The first-order chi connectivity index (χ1) is 12.0. The molecule has 0 saturated carbocycles. The highest BCUT2D eigenvalue weighted by molar-refractivity contribution is 5.94. The van der Waals surface area contributed by atoms with E-state index in [0.29, 0.717) is 17.3 Å². The van der Waals surface area contributed by atoms with E-state index >= 15 is 0 Å². The Labute approximate surface area is 147 Å². The number of nitrogens with zero attached hydrogens (tertiary/aromatic N) is 2. The number of para-hydroxylation sites is 1. The van der Waals surface area contributed by atoms with E-state index in [0.717, 1.165) is 22.6 Å². The Kier molecular flexibility index (Phi) is 4.75. The maximum Gasteiger partial charge on any atom is 0.229 e. The minimum atomic E-state index is 0.0501. The largest absolute Gasteiger partial charge is 0.340 e. The first kappa shape index (κ1) is 16.6. The normalized spacial score (nSPS) is 10.4. The van der Waals surface area contributed by atoms with Gasteiger partial charge in [-0.05, 0) is 56.7 Å². The van der Waals surface area contributed by atoms with Crippen LogP contribution in [0.25, 0.3) is 0 Å². The van der Waals surface area contributed by atoms with E-state index in [-0.39, 0.29) is 5.78 Å². The van der Waals surface area contributed by atoms with Gasteiger partial charge in [-0.3, -0.25) is 4.79 Å². The van der Waals surface area contributed by atoms with Crippen LogP contribution >= 0.6 is 0 Å². The molecule has 25 heavy (non-hydrogen) atoms. The summed E-state index contributed by atoms with van der Waals surface area (Å²) in [5.41, 5.74) is 4.51. The minimum absolute atomic E-state index is 0.0501. The van der Waals surface area contributed by atoms with Crippen molar-refractivity contribution < 1.29 is 4.79 Å². The molecule has 0 atom stereocenters. The zero-order valence-corrected chi connectivity index (χ0v) is 14.5. The Morgan fingerprint density at radius 3 is 2.32 bits per heavy atom. The topological polar surface area (TPSA) is 66.9 Å². The predicted molar refractivity (Wildman–Crippen MR) is 101 cm³/mol. The van der Waals surface area contributed by atoms with Crippen molar-refractivity contribution in [1.29, 1.82) is 0 Å². The van der Waals surface area contributed by atoms with Crippen molar-refractivity contribution in [3.05, 3.63) is 71.4 Å². The standard InChI is InChI=1S/C20H20N4O/c1-13-6-4-5-7-18(13)23-20-21-14(2)12-19(24-20)22-17-10-8-16(9-11-17)15(3)25/h4-12H,1-3H3,(H2,21,22,23,24). The van der Waals surface area contributed by atoms with Crippen LogP contribution < -0.4 is 10.6 Å². The lowest BCUT2D eigenvalue weighted by Gasteiger charge is -2.11. The summed E-state index contributed by atoms with van der Waals surface area (Å²) in [5.74, 6) is 1.28. The van der Waals surface area contributed by atoms with Gasteiger partial charge in [0.25, 0.3) is 0 Å². The molecule has 0 bridgehead atoms. The molecule has 0 saturated heterocycles. The Hall–Kier alpha value is -3.21. The fraction of sp³-hybridized carbons (Fsp3) is 0.150. The third kappa shape index (κ3) is 4.20. The predicted octanol–water partition coefficient (Wildman–Crippen LogP) is 4.78. The number of aryl methyl sites for hydroxylation is 2. The van der Waals surface area contributed by atoms with Crippen molar-refractivity contribution in [3.63, 3.8) is 0 Å². The fourth-order valence-electron chi connectivity index (χ4n) is 2.46. The number of benzene rings is 2. The highest BCUT2D eigenvalue weighted by Crippen LogP contribution is 2.21. The van der Waals surface area contributed by atoms with Crippen molar-refractivity contribution in [2.24, 2.45) is 0 Å². The highest BCUT2D eigenvalue weighted by atomic mass is 16.1. The molecule has 0 aliphatic rings. The third-order valence-corrected chi connectivity index (χ3v) is 3.81. The minimum Gasteiger partial charge on any atom is -0.340 e. The van der Waals surface area contributed by atoms with Gasteiger partial charge in [0, 0.05) is 28.7 Å². The zero-order chi connectivity index (χ0) is 17.8. The van der Waals surface area contributed by atoms with Crippen LogP contribution in [0.1, 0.15) is 28.5 Å². The average molecular weight is 332 g/mol. The maximum absolute atomic E-state index is 11.4. The van der Waals surface area contributed by atoms with Crippen molar-refractivity contribution in [2.45, 2.75) is 20.8 Å². The van der Waals surface area contributed by atoms with Gasteiger partial charge >= 0.3 is 0 Å². The summed E-state index contributed by atoms with van der Waals surface area (Å²) in [4.78, 5) is 20.3. The van der Waals surface area contributed by atoms with Crippen molar-refractivity contribution in [2.75, 3.05) is 10.6 Å². The average Bonchev–Trinajstić information content (AvgIpc) is 2.57. The molecule has 2 aromatic carbocycles. The second kappa shape index (κ2) is 7.13. The molecule has 5 nitrogen and oxygen atoms in total. The van der Waals surface area contributed by atoms with Gasteiger partial charge in [-0.25, -0.2) is 4.98 Å². The molecule has 2 N–H and O–H groups in total. The first-order valence-electron chi connectivity index (χ1n) is 8.07. The van der Waals surface area contributed by atoms with E-state index in [1.165, 1.54) is 0 Å². The fourth-order valence-corrected chi connectivity index (χ4v) is 2.46. The van der Waals surface area contributed by atoms with E-state index < -0.39 is 0 Å². The Bertz CT molecular complexity index is 904. The number of Topliss-reactive ketones (excluding diaryl/α,β-unsaturated/α-hetero) is 1. The summed E-state index contributed by atoms with van der Waals surface area (Å²) in [6, 6.07) is 17.2. The third-order valence-electron chi connectivity index (χ3n) is 3.81. The smallest absolute Gasteiger partial charge is 0.229 e. The van der Waals surface area contributed by atoms with E-state index in [2.05, 4.69) is 20.6 Å². The molecule has 1 heterocycles. The molecular formula is C20H20N4O. The molecule has 5 heteroatoms. The van der Waals surface area contributed by atoms with Gasteiger partial charge in [0.05, 0.1) is 0 Å². The van der Waals surface area contributed by atoms with Crippen LogP contribution in [0, 0.1) is 13.8 Å². The number of nitrogens with one attached hydrogen (secondary N) is 2. The monoisotopic (exact) mass is 332 g/mol. The van der Waals surface area contributed by atoms with E-state index in [4.69, 9.17) is 0 Å². The molecule has 0 spiro atoms. The van der Waals surface area contributed by atoms with E-state index in [1.54, 1.807) is 19.1 Å². The second-order valence-electron chi connectivity index (χ2n) is 5.92. The molecule has 0 amide bonds. The van der Waals surface area contributed by atoms with Crippen LogP contribution in [0.5, 0.6) is 0 Å². The number of aromatic nitrogens is 2. The number of carbonyl (C=O) groups is 1. The van der Waals surface area contributed by atoms with Gasteiger partial charge in [-0.15, -0.1) is 0 Å². The van der Waals surface area contributed by atoms with Crippen LogP contribution in [0.3, 0.4) is 0 Å². The van der Waals surface area contributed by atoms with Crippen LogP contribution in [0.15, 0.2) is 54.6 Å². The molecule has 0 fully saturated rings. The summed E-state index contributed by atoms with van der Waals surface area (Å²) in [7, 11) is 0. The van der Waals surface area contributed by atoms with Gasteiger partial charge in [0.1, 0.15) is 5.82 Å². The molecule has 126 valence electrons. The molecular weight excluding hydrogens is 312 g/mol. The van der Waals surface area contributed by atoms with Gasteiger partial charge in [-0.1, -0.05) is 18.2 Å². The number of rotatable bonds is 5. The lowest BCUT2D eigenvalue weighted by atomic mass is 10.1. The van der Waals surface area contributed by atoms with Crippen LogP contribution in [-0.2, 0) is 0 Å². The van der Waals surface area contributed by atoms with E-state index in [1.807, 2.05) is 56.3 Å². The Balaban J connectivity index is 1.81. The van der Waals surface area contributed by atoms with Crippen molar-refractivity contribution in [1.82, 2.24) is 9.97 Å². The SMILES string of the molecule is CC(=O)c1ccc(Nc2cc(C)nc(Nc3ccccc3C)n2)cc1. The molecule has 0 aliphatic carbocycles. The number of carbonyl (C=O) groups excluding carboxylic acids is 1. The maximum atomic E-state index is 11.4. The molecule has 0 unspecified atom stereocenters. The molecule has 0 aliphatic heterocycles. The molecule has 3 aromatic rings. The Morgan fingerprint density at radius 2 is 1.64 bits per heavy atom. The summed E-state index contributed by atoms with van der Waals surface area (Å²) in [6.07, 6.45) is 0. The highest BCUT2D eigenvalue weighted by Gasteiger charge is 2.05. The molecule has 1 aromatic heterocycles. The van der Waals surface area contributed by atoms with Gasteiger partial charge in [-0.2, -0.15) is 4.98 Å². The summed E-state index contributed by atoms with van der Waals surface area (Å²) in [5, 5.41) is 6.51. The molecule has 0 radical (unpaired) electrons. The number of anilines is 4. The quantitative estimate of drug-likeness (QED) is 0.658. The summed E-state index contributed by atoms with van der Waals surface area (Å²) in [6.45, 7) is 5.52. The van der Waals surface area contributed by atoms with Crippen LogP contribution in [0.2, 0.25) is 0 Å². The van der Waals surface area contributed by atoms with Gasteiger partial charge in [0.2, 0.25) is 5.95 Å². The van der Waals surface area contributed by atoms with Crippen molar-refractivity contribution in [3.8, 4) is 0 Å². The van der Waals surface area contributed by atoms with E-state index in [9.17, 15) is 4.79 Å². The number of hydrogen-bond acceptors (Lipinski definition) is 5. The van der Waals surface area contributed by atoms with Crippen LogP contribution in [0.4, 0.5) is 23.1 Å².